The molecule has 5 heteroatoms. The van der Waals surface area contributed by atoms with Gasteiger partial charge in [-0.1, -0.05) is 6.42 Å². The molecule has 2 rings (SSSR count). The summed E-state index contributed by atoms with van der Waals surface area (Å²) in [6.45, 7) is 6.69. The summed E-state index contributed by atoms with van der Waals surface area (Å²) in [6.07, 6.45) is 8.18. The number of pyridine rings is 1. The molecule has 0 atom stereocenters. The molecule has 22 heavy (non-hydrogen) atoms. The van der Waals surface area contributed by atoms with Gasteiger partial charge in [-0.25, -0.2) is 9.98 Å². The predicted octanol–water partition coefficient (Wildman–Crippen LogP) is 3.00. The minimum atomic E-state index is -0.0823. The zero-order chi connectivity index (χ0) is 16.0. The molecule has 0 aromatic carbocycles. The molecule has 1 aliphatic rings. The lowest BCUT2D eigenvalue weighted by Gasteiger charge is -2.22. The average molecular weight is 304 g/mol. The van der Waals surface area contributed by atoms with Crippen LogP contribution in [0.5, 0.6) is 5.88 Å². The molecule has 0 bridgehead atoms. The molecule has 0 saturated heterocycles. The van der Waals surface area contributed by atoms with Gasteiger partial charge in [0.2, 0.25) is 5.88 Å². The Labute approximate surface area is 133 Å². The molecule has 1 heterocycles. The summed E-state index contributed by atoms with van der Waals surface area (Å²) in [5, 5.41) is 3.15. The van der Waals surface area contributed by atoms with Crippen LogP contribution in [0.4, 0.5) is 0 Å². The molecule has 122 valence electrons. The second-order valence-electron chi connectivity index (χ2n) is 6.96. The number of guanidine groups is 1. The molecular weight excluding hydrogens is 276 g/mol. The first-order valence-electron chi connectivity index (χ1n) is 8.12. The third-order valence-corrected chi connectivity index (χ3v) is 3.57. The van der Waals surface area contributed by atoms with E-state index in [1.165, 1.54) is 19.3 Å². The standard InChI is InChI=1S/C17H28N4O/c1-17(2,3)21-16(18)20-12-13-9-10-19-15(11-13)22-14-7-5-4-6-8-14/h9-11,14H,4-8,12H2,1-3H3,(H3,18,20,21). The van der Waals surface area contributed by atoms with Crippen LogP contribution in [0.1, 0.15) is 58.4 Å². The van der Waals surface area contributed by atoms with Crippen LogP contribution < -0.4 is 15.8 Å². The number of rotatable bonds is 4. The molecule has 0 radical (unpaired) electrons. The molecule has 0 spiro atoms. The fraction of sp³-hybridized carbons (Fsp3) is 0.647. The summed E-state index contributed by atoms with van der Waals surface area (Å²) in [7, 11) is 0. The van der Waals surface area contributed by atoms with Crippen molar-refractivity contribution in [3.63, 3.8) is 0 Å². The average Bonchev–Trinajstić information content (AvgIpc) is 2.45. The van der Waals surface area contributed by atoms with Crippen LogP contribution in [0.3, 0.4) is 0 Å². The lowest BCUT2D eigenvalue weighted by molar-refractivity contribution is 0.148. The summed E-state index contributed by atoms with van der Waals surface area (Å²) in [6, 6.07) is 3.91. The number of nitrogens with two attached hydrogens (primary N) is 1. The van der Waals surface area contributed by atoms with E-state index >= 15 is 0 Å². The summed E-state index contributed by atoms with van der Waals surface area (Å²) >= 11 is 0. The lowest BCUT2D eigenvalue weighted by Crippen LogP contribution is -2.44. The number of ether oxygens (including phenoxy) is 1. The van der Waals surface area contributed by atoms with Gasteiger partial charge < -0.3 is 15.8 Å². The molecule has 0 unspecified atom stereocenters. The summed E-state index contributed by atoms with van der Waals surface area (Å²) in [4.78, 5) is 8.67. The van der Waals surface area contributed by atoms with Crippen LogP contribution in [0.25, 0.3) is 0 Å². The van der Waals surface area contributed by atoms with Crippen molar-refractivity contribution in [2.24, 2.45) is 10.7 Å². The maximum Gasteiger partial charge on any atom is 0.213 e. The van der Waals surface area contributed by atoms with Gasteiger partial charge in [-0.2, -0.15) is 0 Å². The second kappa shape index (κ2) is 7.47. The van der Waals surface area contributed by atoms with Crippen LogP contribution in [0.2, 0.25) is 0 Å². The quantitative estimate of drug-likeness (QED) is 0.662. The smallest absolute Gasteiger partial charge is 0.213 e. The zero-order valence-corrected chi connectivity index (χ0v) is 13.9. The van der Waals surface area contributed by atoms with Gasteiger partial charge in [0.25, 0.3) is 0 Å². The van der Waals surface area contributed by atoms with E-state index < -0.39 is 0 Å². The fourth-order valence-electron chi connectivity index (χ4n) is 2.57. The van der Waals surface area contributed by atoms with Gasteiger partial charge in [-0.3, -0.25) is 0 Å². The topological polar surface area (TPSA) is 72.5 Å². The number of nitrogens with zero attached hydrogens (tertiary/aromatic N) is 2. The molecule has 5 nitrogen and oxygen atoms in total. The number of hydrogen-bond donors (Lipinski definition) is 2. The van der Waals surface area contributed by atoms with Gasteiger partial charge in [0.1, 0.15) is 6.10 Å². The van der Waals surface area contributed by atoms with Crippen molar-refractivity contribution < 1.29 is 4.74 Å². The third-order valence-electron chi connectivity index (χ3n) is 3.57. The van der Waals surface area contributed by atoms with Crippen molar-refractivity contribution in [2.45, 2.75) is 71.1 Å². The largest absolute Gasteiger partial charge is 0.474 e. The Hall–Kier alpha value is -1.78. The lowest BCUT2D eigenvalue weighted by atomic mass is 9.98. The van der Waals surface area contributed by atoms with E-state index in [9.17, 15) is 0 Å². The van der Waals surface area contributed by atoms with Crippen molar-refractivity contribution >= 4 is 5.96 Å². The third kappa shape index (κ3) is 5.92. The zero-order valence-electron chi connectivity index (χ0n) is 13.9. The monoisotopic (exact) mass is 304 g/mol. The number of nitrogens with one attached hydrogen (secondary N) is 1. The highest BCUT2D eigenvalue weighted by Crippen LogP contribution is 2.22. The Morgan fingerprint density at radius 3 is 2.77 bits per heavy atom. The first-order chi connectivity index (χ1) is 10.4. The minimum absolute atomic E-state index is 0.0823. The normalized spacial score (nSPS) is 17.3. The Bertz CT molecular complexity index is 502. The highest BCUT2D eigenvalue weighted by molar-refractivity contribution is 5.78. The van der Waals surface area contributed by atoms with Crippen molar-refractivity contribution in [3.05, 3.63) is 23.9 Å². The Balaban J connectivity index is 1.92. The van der Waals surface area contributed by atoms with Gasteiger partial charge in [0.05, 0.1) is 6.54 Å². The first kappa shape index (κ1) is 16.6. The van der Waals surface area contributed by atoms with E-state index in [-0.39, 0.29) is 5.54 Å². The molecular formula is C17H28N4O. The predicted molar refractivity (Wildman–Crippen MR) is 90.0 cm³/mol. The van der Waals surface area contributed by atoms with Crippen LogP contribution in [0, 0.1) is 0 Å². The van der Waals surface area contributed by atoms with Gasteiger partial charge in [0.15, 0.2) is 5.96 Å². The van der Waals surface area contributed by atoms with Crippen LogP contribution in [0.15, 0.2) is 23.3 Å². The van der Waals surface area contributed by atoms with Gasteiger partial charge in [-0.05, 0) is 58.1 Å². The molecule has 1 aromatic heterocycles. The van der Waals surface area contributed by atoms with Gasteiger partial charge >= 0.3 is 0 Å². The number of aliphatic imine (C=N–C) groups is 1. The maximum absolute atomic E-state index is 5.98. The van der Waals surface area contributed by atoms with Crippen LogP contribution in [-0.2, 0) is 6.54 Å². The van der Waals surface area contributed by atoms with Gasteiger partial charge in [-0.15, -0.1) is 0 Å². The van der Waals surface area contributed by atoms with Crippen molar-refractivity contribution in [2.75, 3.05) is 0 Å². The first-order valence-corrected chi connectivity index (χ1v) is 8.12. The van der Waals surface area contributed by atoms with E-state index in [0.29, 0.717) is 24.5 Å². The summed E-state index contributed by atoms with van der Waals surface area (Å²) < 4.78 is 5.98. The summed E-state index contributed by atoms with van der Waals surface area (Å²) in [5.74, 6) is 1.15. The molecule has 1 saturated carbocycles. The highest BCUT2D eigenvalue weighted by Gasteiger charge is 2.15. The van der Waals surface area contributed by atoms with Crippen molar-refractivity contribution in [1.82, 2.24) is 10.3 Å². The molecule has 1 aliphatic carbocycles. The van der Waals surface area contributed by atoms with Crippen LogP contribution in [-0.4, -0.2) is 22.6 Å². The Kier molecular flexibility index (Phi) is 5.63. The van der Waals surface area contributed by atoms with E-state index in [1.807, 2.05) is 12.1 Å². The Morgan fingerprint density at radius 1 is 1.36 bits per heavy atom. The van der Waals surface area contributed by atoms with E-state index in [0.717, 1.165) is 18.4 Å². The molecule has 0 aliphatic heterocycles. The SMILES string of the molecule is CC(C)(C)NC(N)=NCc1ccnc(OC2CCCCC2)c1. The molecule has 1 fully saturated rings. The highest BCUT2D eigenvalue weighted by atomic mass is 16.5. The number of aromatic nitrogens is 1. The molecule has 3 N–H and O–H groups in total. The second-order valence-corrected chi connectivity index (χ2v) is 6.96. The van der Waals surface area contributed by atoms with E-state index in [4.69, 9.17) is 10.5 Å². The number of hydrogen-bond acceptors (Lipinski definition) is 3. The summed E-state index contributed by atoms with van der Waals surface area (Å²) in [5.41, 5.74) is 6.86. The van der Waals surface area contributed by atoms with E-state index in [2.05, 4.69) is 36.1 Å². The minimum Gasteiger partial charge on any atom is -0.474 e. The van der Waals surface area contributed by atoms with Gasteiger partial charge in [0, 0.05) is 17.8 Å². The maximum atomic E-state index is 5.98. The molecule has 0 amide bonds. The Morgan fingerprint density at radius 2 is 2.09 bits per heavy atom. The van der Waals surface area contributed by atoms with Crippen LogP contribution >= 0.6 is 0 Å². The van der Waals surface area contributed by atoms with Crippen molar-refractivity contribution in [3.8, 4) is 5.88 Å². The van der Waals surface area contributed by atoms with E-state index in [1.54, 1.807) is 6.20 Å². The fourth-order valence-corrected chi connectivity index (χ4v) is 2.57. The molecule has 1 aromatic rings. The van der Waals surface area contributed by atoms with Crippen molar-refractivity contribution in [1.29, 1.82) is 0 Å².